The van der Waals surface area contributed by atoms with Gasteiger partial charge >= 0.3 is 0 Å². The van der Waals surface area contributed by atoms with Gasteiger partial charge in [0.05, 0.1) is 19.3 Å². The fourth-order valence-corrected chi connectivity index (χ4v) is 3.56. The van der Waals surface area contributed by atoms with Crippen LogP contribution in [0.25, 0.3) is 5.65 Å². The smallest absolute Gasteiger partial charge is 0.194 e. The van der Waals surface area contributed by atoms with Crippen LogP contribution in [0.3, 0.4) is 0 Å². The quantitative estimate of drug-likeness (QED) is 0.230. The van der Waals surface area contributed by atoms with Gasteiger partial charge in [0.1, 0.15) is 11.9 Å². The number of aryl methyl sites for hydroxylation is 2. The highest BCUT2D eigenvalue weighted by molar-refractivity contribution is 14.0. The average molecular weight is 524 g/mol. The second kappa shape index (κ2) is 10.7. The van der Waals surface area contributed by atoms with E-state index in [-0.39, 0.29) is 30.1 Å². The van der Waals surface area contributed by atoms with Crippen molar-refractivity contribution >= 4 is 35.6 Å². The minimum absolute atomic E-state index is 0. The lowest BCUT2D eigenvalue weighted by Crippen LogP contribution is -2.48. The number of fused-ring (bicyclic) bond motifs is 1. The maximum absolute atomic E-state index is 5.96. The van der Waals surface area contributed by atoms with Gasteiger partial charge in [-0.25, -0.2) is 0 Å². The first kappa shape index (κ1) is 22.5. The van der Waals surface area contributed by atoms with Gasteiger partial charge in [0.15, 0.2) is 11.6 Å². The van der Waals surface area contributed by atoms with Crippen molar-refractivity contribution in [3.05, 3.63) is 48.2 Å². The Morgan fingerprint density at radius 2 is 2.23 bits per heavy atom. The summed E-state index contributed by atoms with van der Waals surface area (Å²) in [6.07, 6.45) is 7.67. The van der Waals surface area contributed by atoms with Crippen LogP contribution in [0.4, 0.5) is 0 Å². The van der Waals surface area contributed by atoms with Gasteiger partial charge in [-0.3, -0.25) is 14.1 Å². The molecule has 3 aromatic heterocycles. The predicted molar refractivity (Wildman–Crippen MR) is 126 cm³/mol. The number of aromatic nitrogens is 5. The molecule has 1 fully saturated rings. The lowest BCUT2D eigenvalue weighted by Gasteiger charge is -2.34. The van der Waals surface area contributed by atoms with Crippen LogP contribution < -0.4 is 5.32 Å². The molecular formula is C20H29IN8O. The zero-order valence-electron chi connectivity index (χ0n) is 17.4. The van der Waals surface area contributed by atoms with Crippen molar-refractivity contribution in [2.45, 2.75) is 25.9 Å². The predicted octanol–water partition coefficient (Wildman–Crippen LogP) is 2.05. The molecule has 1 N–H and O–H groups in total. The first-order chi connectivity index (χ1) is 14.2. The Balaban J connectivity index is 0.00000256. The van der Waals surface area contributed by atoms with Crippen molar-refractivity contribution in [1.29, 1.82) is 0 Å². The topological polar surface area (TPSA) is 84.9 Å². The van der Waals surface area contributed by atoms with Crippen molar-refractivity contribution in [2.24, 2.45) is 12.0 Å². The lowest BCUT2D eigenvalue weighted by molar-refractivity contribution is -0.00804. The summed E-state index contributed by atoms with van der Waals surface area (Å²) in [6.45, 7) is 5.94. The highest BCUT2D eigenvalue weighted by Gasteiger charge is 2.25. The van der Waals surface area contributed by atoms with Crippen LogP contribution in [0.5, 0.6) is 0 Å². The number of nitrogens with one attached hydrogen (secondary N) is 1. The second-order valence-corrected chi connectivity index (χ2v) is 7.14. The summed E-state index contributed by atoms with van der Waals surface area (Å²) in [5, 5.41) is 16.2. The van der Waals surface area contributed by atoms with E-state index in [2.05, 4.69) is 32.4 Å². The first-order valence-corrected chi connectivity index (χ1v) is 10.2. The van der Waals surface area contributed by atoms with E-state index in [1.165, 1.54) is 0 Å². The Labute approximate surface area is 193 Å². The Morgan fingerprint density at radius 1 is 1.33 bits per heavy atom. The number of morpholine rings is 1. The molecule has 0 spiro atoms. The van der Waals surface area contributed by atoms with E-state index in [1.807, 2.05) is 52.9 Å². The van der Waals surface area contributed by atoms with Gasteiger partial charge in [-0.15, -0.1) is 34.2 Å². The van der Waals surface area contributed by atoms with Gasteiger partial charge in [-0.1, -0.05) is 6.07 Å². The Morgan fingerprint density at radius 3 is 3.03 bits per heavy atom. The maximum Gasteiger partial charge on any atom is 0.194 e. The summed E-state index contributed by atoms with van der Waals surface area (Å²) in [6, 6.07) is 5.94. The summed E-state index contributed by atoms with van der Waals surface area (Å²) in [7, 11) is 1.92. The SMILES string of the molecule is CCNC(=NCCCc1nnc2ccccn12)N1CCOC(c2cnn(C)c2)C1.I. The molecule has 1 saturated heterocycles. The van der Waals surface area contributed by atoms with Crippen molar-refractivity contribution < 1.29 is 4.74 Å². The molecule has 1 unspecified atom stereocenters. The summed E-state index contributed by atoms with van der Waals surface area (Å²) in [5.74, 6) is 1.92. The molecule has 3 aromatic rings. The fourth-order valence-electron chi connectivity index (χ4n) is 3.56. The molecule has 1 atom stereocenters. The molecule has 1 aliphatic heterocycles. The molecule has 0 aliphatic carbocycles. The van der Waals surface area contributed by atoms with Crippen molar-refractivity contribution in [1.82, 2.24) is 34.6 Å². The standard InChI is InChI=1S/C20H28N8O.HI/c1-3-21-20(27-11-12-29-17(15-27)16-13-23-26(2)14-16)22-9-6-8-19-25-24-18-7-4-5-10-28(18)19;/h4-5,7,10,13-14,17H,3,6,8-9,11-12,15H2,1-2H3,(H,21,22);1H. The highest BCUT2D eigenvalue weighted by Crippen LogP contribution is 2.21. The summed E-state index contributed by atoms with van der Waals surface area (Å²) >= 11 is 0. The van der Waals surface area contributed by atoms with Crippen molar-refractivity contribution in [2.75, 3.05) is 32.8 Å². The maximum atomic E-state index is 5.96. The first-order valence-electron chi connectivity index (χ1n) is 10.2. The van der Waals surface area contributed by atoms with Crippen LogP contribution in [0.2, 0.25) is 0 Å². The van der Waals surface area contributed by atoms with Gasteiger partial charge < -0.3 is 15.0 Å². The number of pyridine rings is 1. The molecule has 0 saturated carbocycles. The number of guanidine groups is 1. The number of ether oxygens (including phenoxy) is 1. The average Bonchev–Trinajstić information content (AvgIpc) is 3.37. The van der Waals surface area contributed by atoms with E-state index >= 15 is 0 Å². The van der Waals surface area contributed by atoms with Gasteiger partial charge in [-0.05, 0) is 25.5 Å². The van der Waals surface area contributed by atoms with Gasteiger partial charge in [-0.2, -0.15) is 5.10 Å². The Hall–Kier alpha value is -2.21. The van der Waals surface area contributed by atoms with Gasteiger partial charge in [0, 0.05) is 51.1 Å². The Kier molecular flexibility index (Phi) is 8.02. The van der Waals surface area contributed by atoms with Crippen LogP contribution in [0, 0.1) is 0 Å². The fraction of sp³-hybridized carbons (Fsp3) is 0.500. The number of halogens is 1. The summed E-state index contributed by atoms with van der Waals surface area (Å²) in [5.41, 5.74) is 1.99. The van der Waals surface area contributed by atoms with E-state index in [9.17, 15) is 0 Å². The minimum Gasteiger partial charge on any atom is -0.370 e. The summed E-state index contributed by atoms with van der Waals surface area (Å²) in [4.78, 5) is 7.12. The van der Waals surface area contributed by atoms with Crippen LogP contribution in [0.15, 0.2) is 41.8 Å². The number of hydrogen-bond acceptors (Lipinski definition) is 5. The van der Waals surface area contributed by atoms with Crippen molar-refractivity contribution in [3.63, 3.8) is 0 Å². The van der Waals surface area contributed by atoms with E-state index in [0.717, 1.165) is 62.0 Å². The normalized spacial score (nSPS) is 17.2. The molecule has 10 heteroatoms. The zero-order chi connectivity index (χ0) is 20.1. The van der Waals surface area contributed by atoms with Gasteiger partial charge in [0.25, 0.3) is 0 Å². The third-order valence-electron chi connectivity index (χ3n) is 5.00. The van der Waals surface area contributed by atoms with Crippen LogP contribution >= 0.6 is 24.0 Å². The molecular weight excluding hydrogens is 495 g/mol. The van der Waals surface area contributed by atoms with Gasteiger partial charge in [0.2, 0.25) is 0 Å². The third-order valence-corrected chi connectivity index (χ3v) is 5.00. The molecule has 9 nitrogen and oxygen atoms in total. The second-order valence-electron chi connectivity index (χ2n) is 7.14. The van der Waals surface area contributed by atoms with E-state index in [4.69, 9.17) is 9.73 Å². The largest absolute Gasteiger partial charge is 0.370 e. The Bertz CT molecular complexity index is 969. The molecule has 4 heterocycles. The van der Waals surface area contributed by atoms with Crippen molar-refractivity contribution in [3.8, 4) is 0 Å². The third kappa shape index (κ3) is 5.28. The van der Waals surface area contributed by atoms with E-state index in [1.54, 1.807) is 0 Å². The highest BCUT2D eigenvalue weighted by atomic mass is 127. The molecule has 4 rings (SSSR count). The number of nitrogens with zero attached hydrogens (tertiary/aromatic N) is 7. The molecule has 30 heavy (non-hydrogen) atoms. The number of rotatable bonds is 6. The minimum atomic E-state index is 0. The summed E-state index contributed by atoms with van der Waals surface area (Å²) < 4.78 is 9.80. The molecule has 162 valence electrons. The zero-order valence-corrected chi connectivity index (χ0v) is 19.8. The van der Waals surface area contributed by atoms with Crippen LogP contribution in [-0.4, -0.2) is 68.0 Å². The van der Waals surface area contributed by atoms with E-state index in [0.29, 0.717) is 6.61 Å². The number of aliphatic imine (C=N–C) groups is 1. The molecule has 0 aromatic carbocycles. The number of hydrogen-bond donors (Lipinski definition) is 1. The van der Waals surface area contributed by atoms with Crippen LogP contribution in [-0.2, 0) is 18.2 Å². The molecule has 0 bridgehead atoms. The lowest BCUT2D eigenvalue weighted by atomic mass is 10.1. The molecule has 1 aliphatic rings. The monoisotopic (exact) mass is 524 g/mol. The molecule has 0 amide bonds. The molecule has 0 radical (unpaired) electrons. The van der Waals surface area contributed by atoms with Crippen LogP contribution in [0.1, 0.15) is 30.8 Å². The van der Waals surface area contributed by atoms with E-state index < -0.39 is 0 Å².